The average molecular weight is 177 g/mol. The zero-order chi connectivity index (χ0) is 9.19. The van der Waals surface area contributed by atoms with Crippen molar-refractivity contribution in [3.8, 4) is 0 Å². The van der Waals surface area contributed by atoms with Crippen LogP contribution >= 0.6 is 0 Å². The van der Waals surface area contributed by atoms with Crippen LogP contribution in [-0.4, -0.2) is 20.6 Å². The van der Waals surface area contributed by atoms with E-state index in [4.69, 9.17) is 5.02 Å². The summed E-state index contributed by atoms with van der Waals surface area (Å²) in [5.74, 6) is 0. The fourth-order valence-electron chi connectivity index (χ4n) is 1.07. The van der Waals surface area contributed by atoms with E-state index in [0.717, 1.165) is 12.9 Å². The van der Waals surface area contributed by atoms with Gasteiger partial charge in [-0.3, -0.25) is 0 Å². The third kappa shape index (κ3) is 2.22. The first-order valence-electron chi connectivity index (χ1n) is 4.12. The van der Waals surface area contributed by atoms with Gasteiger partial charge < -0.3 is 5.02 Å². The lowest BCUT2D eigenvalue weighted by Gasteiger charge is -2.16. The highest BCUT2D eigenvalue weighted by Gasteiger charge is 2.15. The summed E-state index contributed by atoms with van der Waals surface area (Å²) < 4.78 is 0. The molecule has 12 heavy (non-hydrogen) atoms. The molecule has 0 aliphatic carbocycles. The van der Waals surface area contributed by atoms with Crippen LogP contribution in [0, 0.1) is 0 Å². The van der Waals surface area contributed by atoms with Crippen molar-refractivity contribution in [1.29, 1.82) is 0 Å². The zero-order valence-electron chi connectivity index (χ0n) is 7.83. The van der Waals surface area contributed by atoms with Gasteiger partial charge in [-0.25, -0.2) is 0 Å². The van der Waals surface area contributed by atoms with Gasteiger partial charge in [0.1, 0.15) is 0 Å². The molecule has 0 atom stereocenters. The van der Waals surface area contributed by atoms with Crippen molar-refractivity contribution >= 4 is 26.2 Å². The summed E-state index contributed by atoms with van der Waals surface area (Å²) in [5, 5.41) is 10.1. The maximum absolute atomic E-state index is 8.72. The molecule has 1 rings (SSSR count). The topological polar surface area (TPSA) is 20.2 Å². The first-order valence-corrected chi connectivity index (χ1v) is 7.62. The van der Waals surface area contributed by atoms with Gasteiger partial charge >= 0.3 is 7.48 Å². The molecule has 0 aliphatic heterocycles. The Morgan fingerprint density at radius 3 is 1.92 bits per heavy atom. The fourth-order valence-corrected chi connectivity index (χ4v) is 2.24. The lowest BCUT2D eigenvalue weighted by atomic mass is 9.89. The second-order valence-corrected chi connectivity index (χ2v) is 9.08. The zero-order valence-corrected chi connectivity index (χ0v) is 8.83. The van der Waals surface area contributed by atoms with Gasteiger partial charge in [0.05, 0.1) is 8.07 Å². The third-order valence-corrected chi connectivity index (χ3v) is 3.99. The molecule has 0 heterocycles. The normalized spacial score (nSPS) is 11.3. The monoisotopic (exact) mass is 177 g/mol. The molecule has 0 spiro atoms. The highest BCUT2D eigenvalue weighted by molar-refractivity contribution is 6.88. The van der Waals surface area contributed by atoms with Gasteiger partial charge in [0.2, 0.25) is 0 Å². The Morgan fingerprint density at radius 1 is 1.08 bits per heavy atom. The Kier molecular flexibility index (Phi) is 2.75. The van der Waals surface area contributed by atoms with E-state index < -0.39 is 8.07 Å². The lowest BCUT2D eigenvalue weighted by Crippen LogP contribution is -2.38. The minimum absolute atomic E-state index is 0.872. The van der Waals surface area contributed by atoms with Crippen molar-refractivity contribution in [2.24, 2.45) is 0 Å². The molecule has 0 amide bonds. The van der Waals surface area contributed by atoms with Gasteiger partial charge in [-0.05, 0) is 0 Å². The van der Waals surface area contributed by atoms with Crippen molar-refractivity contribution in [1.82, 2.24) is 0 Å². The summed E-state index contributed by atoms with van der Waals surface area (Å²) in [4.78, 5) is 0. The Morgan fingerprint density at radius 2 is 1.58 bits per heavy atom. The molecule has 0 bridgehead atoms. The van der Waals surface area contributed by atoms with Crippen LogP contribution in [0.3, 0.4) is 0 Å². The number of rotatable bonds is 2. The molecule has 1 aromatic rings. The molecule has 1 aromatic carbocycles. The molecule has 0 aromatic heterocycles. The van der Waals surface area contributed by atoms with Crippen LogP contribution in [0.25, 0.3) is 0 Å². The van der Waals surface area contributed by atoms with E-state index in [0.29, 0.717) is 0 Å². The van der Waals surface area contributed by atoms with E-state index >= 15 is 0 Å². The second kappa shape index (κ2) is 3.46. The molecular formula is C9H14BOSi. The quantitative estimate of drug-likeness (QED) is 0.651. The highest BCUT2D eigenvalue weighted by atomic mass is 28.3. The molecule has 1 N–H and O–H groups in total. The van der Waals surface area contributed by atoms with Gasteiger partial charge in [-0.15, -0.1) is 0 Å². The third-order valence-electron chi connectivity index (χ3n) is 1.93. The smallest absolute Gasteiger partial charge is 0.326 e. The molecule has 0 unspecified atom stereocenters. The summed E-state index contributed by atoms with van der Waals surface area (Å²) in [6, 6.07) is 8.11. The Labute approximate surface area is 75.7 Å². The van der Waals surface area contributed by atoms with Gasteiger partial charge in [0.25, 0.3) is 0 Å². The van der Waals surface area contributed by atoms with Crippen LogP contribution in [0.1, 0.15) is 0 Å². The van der Waals surface area contributed by atoms with Crippen LogP contribution < -0.4 is 10.6 Å². The van der Waals surface area contributed by atoms with Crippen LogP contribution in [0.4, 0.5) is 0 Å². The SMILES string of the molecule is C[Si](C)(C)c1ccc([B]O)cc1. The van der Waals surface area contributed by atoms with Crippen molar-refractivity contribution in [3.05, 3.63) is 24.3 Å². The van der Waals surface area contributed by atoms with Gasteiger partial charge in [-0.2, -0.15) is 0 Å². The molecule has 0 saturated carbocycles. The molecule has 0 aliphatic rings. The van der Waals surface area contributed by atoms with E-state index in [1.807, 2.05) is 12.1 Å². The maximum Gasteiger partial charge on any atom is 0.326 e. The summed E-state index contributed by atoms with van der Waals surface area (Å²) >= 11 is 0. The van der Waals surface area contributed by atoms with Gasteiger partial charge in [-0.1, -0.05) is 54.6 Å². The number of hydrogen-bond acceptors (Lipinski definition) is 1. The predicted molar refractivity (Wildman–Crippen MR) is 57.0 cm³/mol. The minimum atomic E-state index is -1.16. The van der Waals surface area contributed by atoms with Gasteiger partial charge in [0, 0.05) is 0 Å². The molecule has 63 valence electrons. The molecular weight excluding hydrogens is 163 g/mol. The largest absolute Gasteiger partial charge is 0.450 e. The molecule has 1 radical (unpaired) electrons. The maximum atomic E-state index is 8.72. The van der Waals surface area contributed by atoms with E-state index in [1.165, 1.54) is 5.19 Å². The lowest BCUT2D eigenvalue weighted by molar-refractivity contribution is 0.615. The van der Waals surface area contributed by atoms with Crippen molar-refractivity contribution < 1.29 is 5.02 Å². The van der Waals surface area contributed by atoms with Crippen LogP contribution in [0.2, 0.25) is 19.6 Å². The Hall–Kier alpha value is -0.538. The summed E-state index contributed by atoms with van der Waals surface area (Å²) in [6.45, 7) is 6.93. The van der Waals surface area contributed by atoms with E-state index in [2.05, 4.69) is 31.8 Å². The first kappa shape index (κ1) is 9.55. The first-order chi connectivity index (χ1) is 5.54. The average Bonchev–Trinajstić information content (AvgIpc) is 2.03. The molecule has 0 saturated heterocycles. The summed E-state index contributed by atoms with van der Waals surface area (Å²) in [5.41, 5.74) is 0.872. The fraction of sp³-hybridized carbons (Fsp3) is 0.333. The summed E-state index contributed by atoms with van der Waals surface area (Å²) in [6.07, 6.45) is 0. The molecule has 0 fully saturated rings. The number of benzene rings is 1. The molecule has 1 nitrogen and oxygen atoms in total. The van der Waals surface area contributed by atoms with Crippen molar-refractivity contribution in [2.75, 3.05) is 0 Å². The molecule has 3 heteroatoms. The minimum Gasteiger partial charge on any atom is -0.450 e. The van der Waals surface area contributed by atoms with Crippen molar-refractivity contribution in [3.63, 3.8) is 0 Å². The van der Waals surface area contributed by atoms with E-state index in [1.54, 1.807) is 0 Å². The van der Waals surface area contributed by atoms with Gasteiger partial charge in [0.15, 0.2) is 0 Å². The Bertz CT molecular complexity index is 250. The van der Waals surface area contributed by atoms with Crippen LogP contribution in [-0.2, 0) is 0 Å². The van der Waals surface area contributed by atoms with Crippen LogP contribution in [0.5, 0.6) is 0 Å². The Balaban J connectivity index is 2.93. The highest BCUT2D eigenvalue weighted by Crippen LogP contribution is 1.99. The van der Waals surface area contributed by atoms with E-state index in [-0.39, 0.29) is 0 Å². The summed E-state index contributed by atoms with van der Waals surface area (Å²) in [7, 11) is -0.0316. The van der Waals surface area contributed by atoms with Crippen LogP contribution in [0.15, 0.2) is 24.3 Å². The number of hydrogen-bond donors (Lipinski definition) is 1. The predicted octanol–water partition coefficient (Wildman–Crippen LogP) is 0.469. The van der Waals surface area contributed by atoms with Crippen molar-refractivity contribution in [2.45, 2.75) is 19.6 Å². The standard InChI is InChI=1S/C9H14BOSi/c1-12(2,3)9-6-4-8(10-11)5-7-9/h4-7,11H,1-3H3. The second-order valence-electron chi connectivity index (χ2n) is 4.00. The van der Waals surface area contributed by atoms with E-state index in [9.17, 15) is 0 Å².